The quantitative estimate of drug-likeness (QED) is 0.901. The second-order valence-corrected chi connectivity index (χ2v) is 7.43. The van der Waals surface area contributed by atoms with Crippen LogP contribution in [0.4, 0.5) is 4.39 Å². The molecule has 0 aliphatic carbocycles. The number of piperidine rings is 1. The predicted molar refractivity (Wildman–Crippen MR) is 77.3 cm³/mol. The fourth-order valence-corrected chi connectivity index (χ4v) is 3.79. The summed E-state index contributed by atoms with van der Waals surface area (Å²) < 4.78 is 38.7. The molecule has 1 N–H and O–H groups in total. The summed E-state index contributed by atoms with van der Waals surface area (Å²) in [4.78, 5) is 0. The first-order valence-corrected chi connectivity index (χ1v) is 8.50. The SMILES string of the molecule is CN(Cc1ccc(F)cc1)S(=O)(=O)CC1CCCCN1. The zero-order chi connectivity index (χ0) is 14.6. The Hall–Kier alpha value is -0.980. The molecule has 1 saturated heterocycles. The molecule has 0 aromatic heterocycles. The number of benzene rings is 1. The van der Waals surface area contributed by atoms with Crippen LogP contribution in [-0.4, -0.2) is 38.1 Å². The number of hydrogen-bond acceptors (Lipinski definition) is 3. The van der Waals surface area contributed by atoms with Crippen molar-refractivity contribution in [3.05, 3.63) is 35.6 Å². The minimum Gasteiger partial charge on any atom is -0.313 e. The molecule has 1 aliphatic heterocycles. The third-order valence-corrected chi connectivity index (χ3v) is 5.52. The first-order valence-electron chi connectivity index (χ1n) is 6.89. The summed E-state index contributed by atoms with van der Waals surface area (Å²) in [7, 11) is -1.72. The third-order valence-electron chi connectivity index (χ3n) is 3.62. The molecule has 0 radical (unpaired) electrons. The van der Waals surface area contributed by atoms with E-state index in [-0.39, 0.29) is 24.2 Å². The summed E-state index contributed by atoms with van der Waals surface area (Å²) in [6, 6.07) is 5.96. The van der Waals surface area contributed by atoms with Gasteiger partial charge in [0, 0.05) is 19.6 Å². The Morgan fingerprint density at radius 2 is 2.00 bits per heavy atom. The molecule has 1 atom stereocenters. The fraction of sp³-hybridized carbons (Fsp3) is 0.571. The molecule has 0 spiro atoms. The molecule has 0 saturated carbocycles. The van der Waals surface area contributed by atoms with E-state index in [2.05, 4.69) is 5.32 Å². The molecule has 20 heavy (non-hydrogen) atoms. The Bertz CT molecular complexity index is 525. The van der Waals surface area contributed by atoms with E-state index in [1.807, 2.05) is 0 Å². The second-order valence-electron chi connectivity index (χ2n) is 5.31. The average Bonchev–Trinajstić information content (AvgIpc) is 2.42. The van der Waals surface area contributed by atoms with Gasteiger partial charge in [-0.2, -0.15) is 0 Å². The third kappa shape index (κ3) is 4.26. The van der Waals surface area contributed by atoms with Crippen LogP contribution in [0.1, 0.15) is 24.8 Å². The highest BCUT2D eigenvalue weighted by Gasteiger charge is 2.24. The van der Waals surface area contributed by atoms with Gasteiger partial charge < -0.3 is 5.32 Å². The molecule has 112 valence electrons. The standard InChI is InChI=1S/C14H21FN2O2S/c1-17(10-12-5-7-13(15)8-6-12)20(18,19)11-14-4-2-3-9-16-14/h5-8,14,16H,2-4,9-11H2,1H3. The highest BCUT2D eigenvalue weighted by atomic mass is 32.2. The molecule has 1 aromatic carbocycles. The summed E-state index contributed by atoms with van der Waals surface area (Å²) >= 11 is 0. The molecule has 0 bridgehead atoms. The van der Waals surface area contributed by atoms with Gasteiger partial charge in [0.05, 0.1) is 5.75 Å². The molecule has 0 amide bonds. The lowest BCUT2D eigenvalue weighted by Crippen LogP contribution is -2.43. The number of halogens is 1. The fourth-order valence-electron chi connectivity index (χ4n) is 2.39. The molecular weight excluding hydrogens is 279 g/mol. The molecule has 1 heterocycles. The molecule has 4 nitrogen and oxygen atoms in total. The number of rotatable bonds is 5. The lowest BCUT2D eigenvalue weighted by Gasteiger charge is -2.26. The summed E-state index contributed by atoms with van der Waals surface area (Å²) in [5, 5.41) is 3.25. The van der Waals surface area contributed by atoms with E-state index in [0.717, 1.165) is 31.4 Å². The van der Waals surface area contributed by atoms with Gasteiger partial charge in [0.25, 0.3) is 0 Å². The highest BCUT2D eigenvalue weighted by molar-refractivity contribution is 7.89. The molecule has 1 aliphatic rings. The van der Waals surface area contributed by atoms with Gasteiger partial charge in [0.1, 0.15) is 5.82 Å². The van der Waals surface area contributed by atoms with Gasteiger partial charge in [-0.15, -0.1) is 0 Å². The van der Waals surface area contributed by atoms with Gasteiger partial charge in [0.2, 0.25) is 10.0 Å². The lowest BCUT2D eigenvalue weighted by molar-refractivity contribution is 0.408. The van der Waals surface area contributed by atoms with Crippen molar-refractivity contribution in [3.8, 4) is 0 Å². The van der Waals surface area contributed by atoms with E-state index in [1.54, 1.807) is 19.2 Å². The van der Waals surface area contributed by atoms with E-state index < -0.39 is 10.0 Å². The van der Waals surface area contributed by atoms with E-state index in [4.69, 9.17) is 0 Å². The van der Waals surface area contributed by atoms with Gasteiger partial charge in [-0.1, -0.05) is 18.6 Å². The largest absolute Gasteiger partial charge is 0.313 e. The molecular formula is C14H21FN2O2S. The average molecular weight is 300 g/mol. The number of hydrogen-bond donors (Lipinski definition) is 1. The van der Waals surface area contributed by atoms with E-state index in [1.165, 1.54) is 16.4 Å². The van der Waals surface area contributed by atoms with Crippen LogP contribution in [0.2, 0.25) is 0 Å². The first kappa shape index (κ1) is 15.4. The van der Waals surface area contributed by atoms with Crippen molar-refractivity contribution >= 4 is 10.0 Å². The first-order chi connectivity index (χ1) is 9.47. The summed E-state index contributed by atoms with van der Waals surface area (Å²) in [6.07, 6.45) is 3.10. The van der Waals surface area contributed by atoms with Crippen LogP contribution >= 0.6 is 0 Å². The maximum Gasteiger partial charge on any atom is 0.215 e. The van der Waals surface area contributed by atoms with E-state index >= 15 is 0 Å². The lowest BCUT2D eigenvalue weighted by atomic mass is 10.1. The van der Waals surface area contributed by atoms with Crippen LogP contribution in [0.25, 0.3) is 0 Å². The number of sulfonamides is 1. The van der Waals surface area contributed by atoms with Crippen molar-refractivity contribution < 1.29 is 12.8 Å². The van der Waals surface area contributed by atoms with Crippen molar-refractivity contribution in [2.45, 2.75) is 31.8 Å². The molecule has 2 rings (SSSR count). The van der Waals surface area contributed by atoms with Crippen molar-refractivity contribution in [1.82, 2.24) is 9.62 Å². The zero-order valence-corrected chi connectivity index (χ0v) is 12.5. The van der Waals surface area contributed by atoms with Crippen LogP contribution in [-0.2, 0) is 16.6 Å². The van der Waals surface area contributed by atoms with Crippen LogP contribution in [0.5, 0.6) is 0 Å². The van der Waals surface area contributed by atoms with Crippen molar-refractivity contribution in [2.75, 3.05) is 19.3 Å². The Kier molecular flexibility index (Phi) is 5.12. The Morgan fingerprint density at radius 1 is 1.30 bits per heavy atom. The zero-order valence-electron chi connectivity index (χ0n) is 11.7. The topological polar surface area (TPSA) is 49.4 Å². The number of nitrogens with one attached hydrogen (secondary N) is 1. The minimum absolute atomic E-state index is 0.0458. The smallest absolute Gasteiger partial charge is 0.215 e. The van der Waals surface area contributed by atoms with Crippen molar-refractivity contribution in [3.63, 3.8) is 0 Å². The summed E-state index contributed by atoms with van der Waals surface area (Å²) in [6.45, 7) is 1.16. The predicted octanol–water partition coefficient (Wildman–Crippen LogP) is 1.73. The van der Waals surface area contributed by atoms with E-state index in [9.17, 15) is 12.8 Å². The number of nitrogens with zero attached hydrogens (tertiary/aromatic N) is 1. The van der Waals surface area contributed by atoms with Crippen LogP contribution in [0, 0.1) is 5.82 Å². The van der Waals surface area contributed by atoms with E-state index in [0.29, 0.717) is 0 Å². The normalized spacial score (nSPS) is 20.2. The van der Waals surface area contributed by atoms with Crippen LogP contribution < -0.4 is 5.32 Å². The van der Waals surface area contributed by atoms with Crippen molar-refractivity contribution in [2.24, 2.45) is 0 Å². The minimum atomic E-state index is -3.29. The Balaban J connectivity index is 1.95. The van der Waals surface area contributed by atoms with Gasteiger partial charge in [-0.25, -0.2) is 17.1 Å². The summed E-state index contributed by atoms with van der Waals surface area (Å²) in [5.41, 5.74) is 0.786. The molecule has 1 unspecified atom stereocenters. The van der Waals surface area contributed by atoms with Gasteiger partial charge in [-0.05, 0) is 37.1 Å². The molecule has 1 aromatic rings. The highest BCUT2D eigenvalue weighted by Crippen LogP contribution is 2.13. The molecule has 1 fully saturated rings. The Labute approximate surface area is 120 Å². The Morgan fingerprint density at radius 3 is 2.60 bits per heavy atom. The van der Waals surface area contributed by atoms with Crippen LogP contribution in [0.15, 0.2) is 24.3 Å². The van der Waals surface area contributed by atoms with Gasteiger partial charge in [-0.3, -0.25) is 0 Å². The maximum atomic E-state index is 12.8. The van der Waals surface area contributed by atoms with Crippen LogP contribution in [0.3, 0.4) is 0 Å². The van der Waals surface area contributed by atoms with Gasteiger partial charge in [0.15, 0.2) is 0 Å². The molecule has 6 heteroatoms. The second kappa shape index (κ2) is 6.65. The van der Waals surface area contributed by atoms with Gasteiger partial charge >= 0.3 is 0 Å². The van der Waals surface area contributed by atoms with Crippen molar-refractivity contribution in [1.29, 1.82) is 0 Å². The summed E-state index contributed by atoms with van der Waals surface area (Å²) in [5.74, 6) is -0.185. The monoisotopic (exact) mass is 300 g/mol. The maximum absolute atomic E-state index is 12.8.